The summed E-state index contributed by atoms with van der Waals surface area (Å²) in [5, 5.41) is 4.05. The highest BCUT2D eigenvalue weighted by molar-refractivity contribution is 8.18. The summed E-state index contributed by atoms with van der Waals surface area (Å²) < 4.78 is 0. The number of aliphatic imine (C=N–C) groups is 1. The van der Waals surface area contributed by atoms with Crippen LogP contribution in [0, 0.1) is 0 Å². The second-order valence-electron chi connectivity index (χ2n) is 6.76. The standard InChI is InChI=1S/C19H22N4O2S/c1-13-16(26-19-20-9-11-23(13)19)17(24)21-15-8-5-10-22(12-15)18(25)14-6-3-2-4-7-14/h2-4,6-7,15H,5,8-12H2,1H3,(H,21,24)/t15-/m0/s1. The molecule has 1 fully saturated rings. The van der Waals surface area contributed by atoms with Crippen LogP contribution in [0.1, 0.15) is 30.1 Å². The number of carbonyl (C=O) groups excluding carboxylic acids is 2. The van der Waals surface area contributed by atoms with Crippen LogP contribution < -0.4 is 5.32 Å². The van der Waals surface area contributed by atoms with Gasteiger partial charge in [0.05, 0.1) is 11.4 Å². The van der Waals surface area contributed by atoms with E-state index in [1.54, 1.807) is 0 Å². The van der Waals surface area contributed by atoms with Crippen molar-refractivity contribution in [3.63, 3.8) is 0 Å². The average Bonchev–Trinajstić information content (AvgIpc) is 3.25. The van der Waals surface area contributed by atoms with Crippen LogP contribution >= 0.6 is 11.8 Å². The van der Waals surface area contributed by atoms with Crippen molar-refractivity contribution in [1.29, 1.82) is 0 Å². The van der Waals surface area contributed by atoms with Crippen molar-refractivity contribution < 1.29 is 9.59 Å². The molecule has 1 aromatic rings. The molecule has 136 valence electrons. The molecular formula is C19H22N4O2S. The lowest BCUT2D eigenvalue weighted by Crippen LogP contribution is -2.49. The number of carbonyl (C=O) groups is 2. The van der Waals surface area contributed by atoms with Gasteiger partial charge >= 0.3 is 0 Å². The first-order chi connectivity index (χ1) is 12.6. The van der Waals surface area contributed by atoms with Crippen molar-refractivity contribution in [3.05, 3.63) is 46.5 Å². The summed E-state index contributed by atoms with van der Waals surface area (Å²) in [6.07, 6.45) is 1.79. The monoisotopic (exact) mass is 370 g/mol. The smallest absolute Gasteiger partial charge is 0.260 e. The van der Waals surface area contributed by atoms with Crippen LogP contribution in [0.25, 0.3) is 0 Å². The van der Waals surface area contributed by atoms with E-state index in [9.17, 15) is 9.59 Å². The fraction of sp³-hybridized carbons (Fsp3) is 0.421. The Balaban J connectivity index is 1.39. The van der Waals surface area contributed by atoms with Crippen LogP contribution in [0.2, 0.25) is 0 Å². The van der Waals surface area contributed by atoms with Crippen LogP contribution in [-0.2, 0) is 4.79 Å². The lowest BCUT2D eigenvalue weighted by Gasteiger charge is -2.33. The second kappa shape index (κ2) is 7.15. The molecule has 1 N–H and O–H groups in total. The Bertz CT molecular complexity index is 790. The van der Waals surface area contributed by atoms with E-state index in [0.717, 1.165) is 48.2 Å². The minimum Gasteiger partial charge on any atom is -0.347 e. The molecule has 7 heteroatoms. The Kier molecular flexibility index (Phi) is 4.72. The number of piperidine rings is 1. The Morgan fingerprint density at radius 2 is 2.04 bits per heavy atom. The molecule has 3 aliphatic heterocycles. The normalized spacial score (nSPS) is 22.3. The Hall–Kier alpha value is -2.28. The summed E-state index contributed by atoms with van der Waals surface area (Å²) in [7, 11) is 0. The molecule has 0 bridgehead atoms. The van der Waals surface area contributed by atoms with Crippen molar-refractivity contribution in [2.24, 2.45) is 4.99 Å². The van der Waals surface area contributed by atoms with Gasteiger partial charge in [-0.15, -0.1) is 0 Å². The highest BCUT2D eigenvalue weighted by atomic mass is 32.2. The minimum absolute atomic E-state index is 0.0119. The maximum Gasteiger partial charge on any atom is 0.260 e. The fourth-order valence-corrected chi connectivity index (χ4v) is 4.70. The van der Waals surface area contributed by atoms with Gasteiger partial charge < -0.3 is 15.1 Å². The summed E-state index contributed by atoms with van der Waals surface area (Å²) in [6.45, 7) is 4.92. The van der Waals surface area contributed by atoms with E-state index in [-0.39, 0.29) is 17.9 Å². The number of likely N-dealkylation sites (tertiary alicyclic amines) is 1. The molecule has 0 spiro atoms. The number of rotatable bonds is 3. The van der Waals surface area contributed by atoms with Gasteiger partial charge in [-0.2, -0.15) is 0 Å². The maximum atomic E-state index is 12.7. The third-order valence-corrected chi connectivity index (χ3v) is 6.22. The first kappa shape index (κ1) is 17.1. The van der Waals surface area contributed by atoms with Gasteiger partial charge in [-0.3, -0.25) is 14.6 Å². The van der Waals surface area contributed by atoms with Crippen LogP contribution in [0.15, 0.2) is 45.9 Å². The molecule has 1 aromatic carbocycles. The van der Waals surface area contributed by atoms with Crippen LogP contribution in [0.4, 0.5) is 0 Å². The van der Waals surface area contributed by atoms with E-state index >= 15 is 0 Å². The summed E-state index contributed by atoms with van der Waals surface area (Å²) in [5.41, 5.74) is 1.68. The maximum absolute atomic E-state index is 12.7. The summed E-state index contributed by atoms with van der Waals surface area (Å²) in [6, 6.07) is 9.31. The van der Waals surface area contributed by atoms with E-state index < -0.39 is 0 Å². The van der Waals surface area contributed by atoms with Crippen LogP contribution in [0.5, 0.6) is 0 Å². The molecule has 6 nitrogen and oxygen atoms in total. The van der Waals surface area contributed by atoms with Gasteiger partial charge in [-0.1, -0.05) is 18.2 Å². The first-order valence-electron chi connectivity index (χ1n) is 8.99. The van der Waals surface area contributed by atoms with E-state index in [4.69, 9.17) is 0 Å². The number of amidine groups is 1. The molecule has 0 saturated carbocycles. The molecule has 3 aliphatic rings. The highest BCUT2D eigenvalue weighted by Gasteiger charge is 2.34. The molecule has 2 amide bonds. The van der Waals surface area contributed by atoms with E-state index in [1.165, 1.54) is 11.8 Å². The number of thioether (sulfide) groups is 1. The predicted molar refractivity (Wildman–Crippen MR) is 103 cm³/mol. The zero-order valence-electron chi connectivity index (χ0n) is 14.8. The zero-order chi connectivity index (χ0) is 18.1. The Morgan fingerprint density at radius 1 is 1.23 bits per heavy atom. The summed E-state index contributed by atoms with van der Waals surface area (Å²) >= 11 is 1.45. The average molecular weight is 370 g/mol. The molecule has 0 aromatic heterocycles. The quantitative estimate of drug-likeness (QED) is 0.885. The molecule has 26 heavy (non-hydrogen) atoms. The van der Waals surface area contributed by atoms with Gasteiger partial charge in [-0.25, -0.2) is 0 Å². The third kappa shape index (κ3) is 3.23. The highest BCUT2D eigenvalue weighted by Crippen LogP contribution is 2.36. The molecule has 0 aliphatic carbocycles. The number of fused-ring (bicyclic) bond motifs is 1. The van der Waals surface area contributed by atoms with Gasteiger partial charge in [0.1, 0.15) is 0 Å². The fourth-order valence-electron chi connectivity index (χ4n) is 3.62. The van der Waals surface area contributed by atoms with Gasteiger partial charge in [0.2, 0.25) is 0 Å². The van der Waals surface area contributed by atoms with E-state index in [0.29, 0.717) is 12.1 Å². The van der Waals surface area contributed by atoms with Crippen molar-refractivity contribution in [1.82, 2.24) is 15.1 Å². The molecule has 0 unspecified atom stereocenters. The third-order valence-electron chi connectivity index (χ3n) is 5.00. The summed E-state index contributed by atoms with van der Waals surface area (Å²) in [4.78, 5) is 34.5. The number of hydrogen-bond donors (Lipinski definition) is 1. The topological polar surface area (TPSA) is 65.0 Å². The second-order valence-corrected chi connectivity index (χ2v) is 7.74. The number of hydrogen-bond acceptors (Lipinski definition) is 5. The largest absolute Gasteiger partial charge is 0.347 e. The molecule has 1 atom stereocenters. The first-order valence-corrected chi connectivity index (χ1v) is 9.81. The van der Waals surface area contributed by atoms with Crippen molar-refractivity contribution in [2.75, 3.05) is 26.2 Å². The van der Waals surface area contributed by atoms with Gasteiger partial charge in [0.25, 0.3) is 11.8 Å². The summed E-state index contributed by atoms with van der Waals surface area (Å²) in [5.74, 6) is -0.0196. The SMILES string of the molecule is CC1=C(C(=O)N[C@H]2CCCN(C(=O)c3ccccc3)C2)SC2=NCCN21. The molecule has 1 saturated heterocycles. The number of amides is 2. The van der Waals surface area contributed by atoms with Crippen LogP contribution in [0.3, 0.4) is 0 Å². The predicted octanol–water partition coefficient (Wildman–Crippen LogP) is 2.06. The number of allylic oxidation sites excluding steroid dienone is 1. The van der Waals surface area contributed by atoms with Gasteiger partial charge in [0.15, 0.2) is 5.17 Å². The van der Waals surface area contributed by atoms with Gasteiger partial charge in [-0.05, 0) is 43.7 Å². The molecule has 4 rings (SSSR count). The lowest BCUT2D eigenvalue weighted by atomic mass is 10.0. The van der Waals surface area contributed by atoms with E-state index in [1.807, 2.05) is 42.2 Å². The molecule has 0 radical (unpaired) electrons. The van der Waals surface area contributed by atoms with Crippen molar-refractivity contribution in [2.45, 2.75) is 25.8 Å². The lowest BCUT2D eigenvalue weighted by molar-refractivity contribution is -0.117. The molecule has 3 heterocycles. The van der Waals surface area contributed by atoms with Crippen molar-refractivity contribution in [3.8, 4) is 0 Å². The number of nitrogens with zero attached hydrogens (tertiary/aromatic N) is 3. The van der Waals surface area contributed by atoms with E-state index in [2.05, 4.69) is 15.2 Å². The minimum atomic E-state index is -0.0522. The molecular weight excluding hydrogens is 348 g/mol. The Labute approximate surface area is 157 Å². The number of benzene rings is 1. The number of nitrogens with one attached hydrogen (secondary N) is 1. The van der Waals surface area contributed by atoms with Crippen LogP contribution in [-0.4, -0.2) is 59.0 Å². The zero-order valence-corrected chi connectivity index (χ0v) is 15.6. The van der Waals surface area contributed by atoms with Gasteiger partial charge in [0, 0.05) is 36.9 Å². The Morgan fingerprint density at radius 3 is 2.81 bits per heavy atom. The van der Waals surface area contributed by atoms with Crippen molar-refractivity contribution >= 4 is 28.7 Å².